The van der Waals surface area contributed by atoms with E-state index in [1.165, 1.54) is 5.69 Å². The summed E-state index contributed by atoms with van der Waals surface area (Å²) in [4.78, 5) is 6.40. The fraction of sp³-hybridized carbons (Fsp3) is 0.500. The third-order valence-corrected chi connectivity index (χ3v) is 4.07. The van der Waals surface area contributed by atoms with Gasteiger partial charge >= 0.3 is 0 Å². The summed E-state index contributed by atoms with van der Waals surface area (Å²) < 4.78 is 8.52. The molecule has 0 bridgehead atoms. The molecule has 0 aliphatic rings. The molecule has 0 radical (unpaired) electrons. The molecule has 2 rings (SSSR count). The third-order valence-electron chi connectivity index (χ3n) is 3.64. The van der Waals surface area contributed by atoms with Crippen LogP contribution in [0.3, 0.4) is 0 Å². The van der Waals surface area contributed by atoms with Crippen molar-refractivity contribution in [3.8, 4) is 0 Å². The lowest BCUT2D eigenvalue weighted by Gasteiger charge is -2.21. The molecule has 126 valence electrons. The maximum Gasteiger partial charge on any atom is 0.194 e. The van der Waals surface area contributed by atoms with Gasteiger partial charge in [0.2, 0.25) is 0 Å². The first-order chi connectivity index (χ1) is 10.9. The summed E-state index contributed by atoms with van der Waals surface area (Å²) in [5.41, 5.74) is 2.17. The summed E-state index contributed by atoms with van der Waals surface area (Å²) in [6.07, 6.45) is 2.04. The zero-order chi connectivity index (χ0) is 17.0. The van der Waals surface area contributed by atoms with Crippen molar-refractivity contribution in [1.29, 1.82) is 0 Å². The van der Waals surface area contributed by atoms with Crippen LogP contribution in [0.2, 0.25) is 0 Å². The maximum atomic E-state index is 5.34. The van der Waals surface area contributed by atoms with E-state index in [-0.39, 0.29) is 0 Å². The molecule has 6 nitrogen and oxygen atoms in total. The van der Waals surface area contributed by atoms with E-state index in [9.17, 15) is 0 Å². The smallest absolute Gasteiger partial charge is 0.194 e. The van der Waals surface area contributed by atoms with E-state index in [4.69, 9.17) is 4.52 Å². The van der Waals surface area contributed by atoms with Gasteiger partial charge in [-0.3, -0.25) is 4.99 Å². The first-order valence-electron chi connectivity index (χ1n) is 7.58. The molecule has 2 aromatic rings. The summed E-state index contributed by atoms with van der Waals surface area (Å²) in [6.45, 7) is 5.52. The Bertz CT molecular complexity index is 674. The maximum absolute atomic E-state index is 5.34. The summed E-state index contributed by atoms with van der Waals surface area (Å²) in [7, 11) is 5.82. The van der Waals surface area contributed by atoms with Gasteiger partial charge in [0.1, 0.15) is 0 Å². The molecule has 0 unspecified atom stereocenters. The van der Waals surface area contributed by atoms with Crippen molar-refractivity contribution in [1.82, 2.24) is 19.9 Å². The number of hydrogen-bond acceptors (Lipinski definition) is 3. The monoisotopic (exact) mass is 381 g/mol. The number of aryl methyl sites for hydroxylation is 1. The second kappa shape index (κ2) is 7.68. The van der Waals surface area contributed by atoms with E-state index in [1.54, 1.807) is 7.05 Å². The highest BCUT2D eigenvalue weighted by atomic mass is 79.9. The molecular formula is C16H24BrN5O. The molecule has 2 heterocycles. The molecule has 1 N–H and O–H groups in total. The quantitative estimate of drug-likeness (QED) is 0.638. The molecule has 0 aliphatic carbocycles. The lowest BCUT2D eigenvalue weighted by molar-refractivity contribution is 0.368. The van der Waals surface area contributed by atoms with E-state index in [0.29, 0.717) is 12.5 Å². The second-order valence-corrected chi connectivity index (χ2v) is 6.81. The fourth-order valence-electron chi connectivity index (χ4n) is 2.28. The minimum absolute atomic E-state index is 0.366. The Kier molecular flexibility index (Phi) is 5.87. The number of aromatic nitrogens is 2. The number of nitrogens with zero attached hydrogens (tertiary/aromatic N) is 4. The average Bonchev–Trinajstić information content (AvgIpc) is 3.07. The van der Waals surface area contributed by atoms with Gasteiger partial charge in [-0.05, 0) is 27.9 Å². The molecule has 0 amide bonds. The summed E-state index contributed by atoms with van der Waals surface area (Å²) >= 11 is 3.50. The van der Waals surface area contributed by atoms with Crippen LogP contribution < -0.4 is 5.32 Å². The first-order valence-corrected chi connectivity index (χ1v) is 8.38. The number of hydrogen-bond donors (Lipinski definition) is 1. The van der Waals surface area contributed by atoms with Crippen molar-refractivity contribution in [2.45, 2.75) is 32.9 Å². The van der Waals surface area contributed by atoms with Gasteiger partial charge in [-0.1, -0.05) is 19.0 Å². The summed E-state index contributed by atoms with van der Waals surface area (Å²) in [5, 5.41) is 7.37. The van der Waals surface area contributed by atoms with E-state index in [1.807, 2.05) is 26.4 Å². The van der Waals surface area contributed by atoms with Crippen molar-refractivity contribution in [3.63, 3.8) is 0 Å². The first kappa shape index (κ1) is 17.6. The van der Waals surface area contributed by atoms with Gasteiger partial charge in [0, 0.05) is 43.6 Å². The van der Waals surface area contributed by atoms with Crippen molar-refractivity contribution in [2.24, 2.45) is 12.0 Å². The minimum atomic E-state index is 0.366. The SMILES string of the molecule is CN=C(NCc1cc(C(C)C)no1)N(C)Cc1cc(Br)cn1C. The molecule has 0 aromatic carbocycles. The van der Waals surface area contributed by atoms with Gasteiger partial charge < -0.3 is 19.3 Å². The Labute approximate surface area is 145 Å². The lowest BCUT2D eigenvalue weighted by Crippen LogP contribution is -2.38. The molecule has 0 atom stereocenters. The van der Waals surface area contributed by atoms with Crippen LogP contribution in [0.15, 0.2) is 32.3 Å². The van der Waals surface area contributed by atoms with Crippen LogP contribution >= 0.6 is 15.9 Å². The van der Waals surface area contributed by atoms with Gasteiger partial charge in [-0.2, -0.15) is 0 Å². The normalized spacial score (nSPS) is 12.0. The fourth-order valence-corrected chi connectivity index (χ4v) is 2.85. The van der Waals surface area contributed by atoms with Crippen LogP contribution in [0.1, 0.15) is 36.9 Å². The molecule has 0 spiro atoms. The average molecular weight is 382 g/mol. The highest BCUT2D eigenvalue weighted by Crippen LogP contribution is 2.15. The van der Waals surface area contributed by atoms with Crippen LogP contribution in [-0.4, -0.2) is 34.7 Å². The Morgan fingerprint density at radius 3 is 2.74 bits per heavy atom. The van der Waals surface area contributed by atoms with Crippen molar-refractivity contribution < 1.29 is 4.52 Å². The van der Waals surface area contributed by atoms with Crippen molar-refractivity contribution >= 4 is 21.9 Å². The topological polar surface area (TPSA) is 58.6 Å². The van der Waals surface area contributed by atoms with Gasteiger partial charge in [0.25, 0.3) is 0 Å². The molecular weight excluding hydrogens is 358 g/mol. The number of guanidine groups is 1. The van der Waals surface area contributed by atoms with Gasteiger partial charge in [-0.25, -0.2) is 0 Å². The molecule has 0 saturated heterocycles. The third kappa shape index (κ3) is 4.60. The van der Waals surface area contributed by atoms with Gasteiger partial charge in [-0.15, -0.1) is 0 Å². The molecule has 2 aromatic heterocycles. The Morgan fingerprint density at radius 1 is 1.48 bits per heavy atom. The van der Waals surface area contributed by atoms with E-state index >= 15 is 0 Å². The number of rotatable bonds is 5. The summed E-state index contributed by atoms with van der Waals surface area (Å²) in [5.74, 6) is 1.99. The molecule has 0 saturated carbocycles. The zero-order valence-corrected chi connectivity index (χ0v) is 15.9. The second-order valence-electron chi connectivity index (χ2n) is 5.89. The van der Waals surface area contributed by atoms with Crippen molar-refractivity contribution in [2.75, 3.05) is 14.1 Å². The van der Waals surface area contributed by atoms with Crippen molar-refractivity contribution in [3.05, 3.63) is 40.0 Å². The zero-order valence-electron chi connectivity index (χ0n) is 14.3. The van der Waals surface area contributed by atoms with Crippen LogP contribution in [0, 0.1) is 0 Å². The van der Waals surface area contributed by atoms with Crippen LogP contribution in [0.5, 0.6) is 0 Å². The Morgan fingerprint density at radius 2 is 2.22 bits per heavy atom. The predicted molar refractivity (Wildman–Crippen MR) is 95.4 cm³/mol. The van der Waals surface area contributed by atoms with Crippen LogP contribution in [0.4, 0.5) is 0 Å². The number of aliphatic imine (C=N–C) groups is 1. The molecule has 7 heteroatoms. The largest absolute Gasteiger partial charge is 0.359 e. The highest BCUT2D eigenvalue weighted by Gasteiger charge is 2.12. The Balaban J connectivity index is 1.95. The van der Waals surface area contributed by atoms with Gasteiger partial charge in [0.05, 0.1) is 18.8 Å². The lowest BCUT2D eigenvalue weighted by atomic mass is 10.1. The van der Waals surface area contributed by atoms with E-state index in [0.717, 1.165) is 28.4 Å². The molecule has 23 heavy (non-hydrogen) atoms. The predicted octanol–water partition coefficient (Wildman–Crippen LogP) is 3.11. The molecule has 0 fully saturated rings. The summed E-state index contributed by atoms with van der Waals surface area (Å²) in [6, 6.07) is 4.09. The van der Waals surface area contributed by atoms with Crippen LogP contribution in [0.25, 0.3) is 0 Å². The highest BCUT2D eigenvalue weighted by molar-refractivity contribution is 9.10. The van der Waals surface area contributed by atoms with E-state index in [2.05, 4.69) is 60.8 Å². The van der Waals surface area contributed by atoms with E-state index < -0.39 is 0 Å². The number of halogens is 1. The standard InChI is InChI=1S/C16H24BrN5O/c1-11(2)15-7-14(23-20-15)8-19-16(18-3)22(5)10-13-6-12(17)9-21(13)4/h6-7,9,11H,8,10H2,1-5H3,(H,18,19). The Hall–Kier alpha value is -1.76. The minimum Gasteiger partial charge on any atom is -0.359 e. The van der Waals surface area contributed by atoms with Gasteiger partial charge in [0.15, 0.2) is 11.7 Å². The number of nitrogens with one attached hydrogen (secondary N) is 1. The molecule has 0 aliphatic heterocycles. The van der Waals surface area contributed by atoms with Crippen LogP contribution in [-0.2, 0) is 20.1 Å².